The van der Waals surface area contributed by atoms with E-state index in [-0.39, 0.29) is 11.3 Å². The second-order valence-corrected chi connectivity index (χ2v) is 12.5. The van der Waals surface area contributed by atoms with Crippen molar-refractivity contribution in [1.82, 2.24) is 9.21 Å². The molecule has 1 aliphatic heterocycles. The van der Waals surface area contributed by atoms with Crippen molar-refractivity contribution in [3.63, 3.8) is 0 Å². The number of carbonyl (C=O) groups is 1. The summed E-state index contributed by atoms with van der Waals surface area (Å²) in [6, 6.07) is 15.0. The number of anilines is 1. The zero-order valence-corrected chi connectivity index (χ0v) is 21.7. The van der Waals surface area contributed by atoms with E-state index in [2.05, 4.69) is 26.1 Å². The first-order chi connectivity index (χ1) is 16.1. The lowest BCUT2D eigenvalue weighted by atomic mass is 9.87. The molecule has 1 aliphatic carbocycles. The van der Waals surface area contributed by atoms with Crippen molar-refractivity contribution in [2.45, 2.75) is 44.9 Å². The summed E-state index contributed by atoms with van der Waals surface area (Å²) in [5, 5.41) is 3.47. The van der Waals surface area contributed by atoms with Gasteiger partial charge in [0, 0.05) is 44.0 Å². The molecule has 7 heteroatoms. The number of benzene rings is 2. The van der Waals surface area contributed by atoms with Crippen molar-refractivity contribution >= 4 is 21.6 Å². The van der Waals surface area contributed by atoms with E-state index in [0.29, 0.717) is 54.4 Å². The maximum Gasteiger partial charge on any atom is 0.253 e. The molecule has 34 heavy (non-hydrogen) atoms. The van der Waals surface area contributed by atoms with Crippen molar-refractivity contribution in [1.29, 1.82) is 0 Å². The molecule has 2 unspecified atom stereocenters. The van der Waals surface area contributed by atoms with E-state index in [1.54, 1.807) is 16.4 Å². The lowest BCUT2D eigenvalue weighted by Gasteiger charge is -2.22. The predicted molar refractivity (Wildman–Crippen MR) is 137 cm³/mol. The topological polar surface area (TPSA) is 69.7 Å². The zero-order valence-electron chi connectivity index (χ0n) is 20.9. The second kappa shape index (κ2) is 9.34. The van der Waals surface area contributed by atoms with Crippen LogP contribution in [0.5, 0.6) is 0 Å². The van der Waals surface area contributed by atoms with Gasteiger partial charge in [-0.3, -0.25) is 4.79 Å². The van der Waals surface area contributed by atoms with Gasteiger partial charge < -0.3 is 10.2 Å². The van der Waals surface area contributed by atoms with Gasteiger partial charge in [-0.2, -0.15) is 4.31 Å². The summed E-state index contributed by atoms with van der Waals surface area (Å²) >= 11 is 0. The summed E-state index contributed by atoms with van der Waals surface area (Å²) in [6.07, 6.45) is 0. The number of hydrogen-bond donors (Lipinski definition) is 1. The summed E-state index contributed by atoms with van der Waals surface area (Å²) < 4.78 is 27.9. The van der Waals surface area contributed by atoms with Gasteiger partial charge in [-0.15, -0.1) is 0 Å². The molecule has 0 bridgehead atoms. The Hall–Kier alpha value is -2.38. The summed E-state index contributed by atoms with van der Waals surface area (Å²) in [7, 11) is -3.44. The smallest absolute Gasteiger partial charge is 0.253 e. The summed E-state index contributed by atoms with van der Waals surface area (Å²) in [5.41, 5.74) is 2.82. The first kappa shape index (κ1) is 24.7. The third-order valence-electron chi connectivity index (χ3n) is 7.42. The molecule has 2 aromatic rings. The zero-order chi connectivity index (χ0) is 24.7. The lowest BCUT2D eigenvalue weighted by Crippen LogP contribution is -2.32. The van der Waals surface area contributed by atoms with Crippen LogP contribution in [-0.4, -0.2) is 56.3 Å². The van der Waals surface area contributed by atoms with E-state index in [1.807, 2.05) is 55.1 Å². The van der Waals surface area contributed by atoms with Crippen molar-refractivity contribution in [2.75, 3.05) is 38.0 Å². The number of amides is 1. The number of piperidine rings is 1. The highest BCUT2D eigenvalue weighted by molar-refractivity contribution is 7.89. The minimum Gasteiger partial charge on any atom is -0.385 e. The van der Waals surface area contributed by atoms with Crippen LogP contribution in [0.2, 0.25) is 0 Å². The van der Waals surface area contributed by atoms with Gasteiger partial charge in [0.25, 0.3) is 5.91 Å². The van der Waals surface area contributed by atoms with Crippen molar-refractivity contribution < 1.29 is 13.2 Å². The van der Waals surface area contributed by atoms with Crippen molar-refractivity contribution in [2.24, 2.45) is 17.8 Å². The molecule has 1 saturated carbocycles. The molecule has 6 nitrogen and oxygen atoms in total. The number of carbonyl (C=O) groups excluding carboxylic acids is 1. The summed E-state index contributed by atoms with van der Waals surface area (Å²) in [4.78, 5) is 14.7. The second-order valence-electron chi connectivity index (χ2n) is 10.5. The van der Waals surface area contributed by atoms with E-state index < -0.39 is 10.0 Å². The molecule has 2 aliphatic rings. The molecule has 0 aromatic heterocycles. The molecule has 2 fully saturated rings. The van der Waals surface area contributed by atoms with Gasteiger partial charge in [-0.05, 0) is 79.0 Å². The highest BCUT2D eigenvalue weighted by Crippen LogP contribution is 2.52. The number of rotatable bonds is 8. The van der Waals surface area contributed by atoms with E-state index in [4.69, 9.17) is 0 Å². The van der Waals surface area contributed by atoms with Gasteiger partial charge in [0.05, 0.1) is 4.90 Å². The summed E-state index contributed by atoms with van der Waals surface area (Å²) in [5.74, 6) is 1.38. The number of nitrogens with one attached hydrogen (secondary N) is 1. The third kappa shape index (κ3) is 4.86. The third-order valence-corrected chi connectivity index (χ3v) is 9.27. The minimum atomic E-state index is -3.44. The van der Waals surface area contributed by atoms with Crippen molar-refractivity contribution in [3.05, 3.63) is 59.7 Å². The molecule has 1 heterocycles. The molecule has 1 saturated heterocycles. The van der Waals surface area contributed by atoms with E-state index in [0.717, 1.165) is 17.8 Å². The fourth-order valence-corrected chi connectivity index (χ4v) is 6.56. The predicted octanol–water partition coefficient (Wildman–Crippen LogP) is 4.44. The Morgan fingerprint density at radius 3 is 2.03 bits per heavy atom. The standard InChI is InChI=1S/C27H37N3O3S/c1-6-29(7-2)26(31)19-8-12-21(13-9-19)28-16-23-24-17-30(18-25(23)24)34(32,33)22-14-10-20(11-15-22)27(3,4)5/h8-15,23-25,28H,6-7,16-18H2,1-5H3. The van der Waals surface area contributed by atoms with Gasteiger partial charge in [0.2, 0.25) is 10.0 Å². The molecule has 4 rings (SSSR count). The van der Waals surface area contributed by atoms with Crippen LogP contribution in [0.25, 0.3) is 0 Å². The van der Waals surface area contributed by atoms with Crippen LogP contribution in [0.3, 0.4) is 0 Å². The largest absolute Gasteiger partial charge is 0.385 e. The number of nitrogens with zero attached hydrogens (tertiary/aromatic N) is 2. The van der Waals surface area contributed by atoms with Crippen LogP contribution >= 0.6 is 0 Å². The van der Waals surface area contributed by atoms with Crippen LogP contribution in [0.4, 0.5) is 5.69 Å². The molecular formula is C27H37N3O3S. The normalized spacial score (nSPS) is 22.3. The lowest BCUT2D eigenvalue weighted by molar-refractivity contribution is 0.0773. The molecule has 1 amide bonds. The van der Waals surface area contributed by atoms with Crippen molar-refractivity contribution in [3.8, 4) is 0 Å². The number of sulfonamides is 1. The number of fused-ring (bicyclic) bond motifs is 1. The maximum absolute atomic E-state index is 13.1. The van der Waals surface area contributed by atoms with Gasteiger partial charge in [-0.1, -0.05) is 32.9 Å². The van der Waals surface area contributed by atoms with Crippen LogP contribution in [-0.2, 0) is 15.4 Å². The monoisotopic (exact) mass is 483 g/mol. The fourth-order valence-electron chi connectivity index (χ4n) is 5.05. The fraction of sp³-hybridized carbons (Fsp3) is 0.519. The first-order valence-electron chi connectivity index (χ1n) is 12.3. The Labute approximate surface area is 204 Å². The Morgan fingerprint density at radius 1 is 0.971 bits per heavy atom. The quantitative estimate of drug-likeness (QED) is 0.603. The van der Waals surface area contributed by atoms with Crippen LogP contribution in [0, 0.1) is 17.8 Å². The molecule has 1 N–H and O–H groups in total. The Bertz CT molecular complexity index is 1110. The first-order valence-corrected chi connectivity index (χ1v) is 13.7. The van der Waals surface area contributed by atoms with Crippen LogP contribution in [0.1, 0.15) is 50.5 Å². The van der Waals surface area contributed by atoms with Gasteiger partial charge in [0.1, 0.15) is 0 Å². The Balaban J connectivity index is 1.29. The van der Waals surface area contributed by atoms with E-state index >= 15 is 0 Å². The molecule has 2 aromatic carbocycles. The number of hydrogen-bond acceptors (Lipinski definition) is 4. The Kier molecular flexibility index (Phi) is 6.80. The maximum atomic E-state index is 13.1. The SMILES string of the molecule is CCN(CC)C(=O)c1ccc(NCC2C3CN(S(=O)(=O)c4ccc(C(C)(C)C)cc4)CC23)cc1. The van der Waals surface area contributed by atoms with Gasteiger partial charge in [-0.25, -0.2) is 8.42 Å². The average Bonchev–Trinajstić information content (AvgIpc) is 3.25. The highest BCUT2D eigenvalue weighted by Gasteiger charge is 2.57. The highest BCUT2D eigenvalue weighted by atomic mass is 32.2. The molecule has 184 valence electrons. The average molecular weight is 484 g/mol. The van der Waals surface area contributed by atoms with Crippen LogP contribution < -0.4 is 5.32 Å². The van der Waals surface area contributed by atoms with Crippen LogP contribution in [0.15, 0.2) is 53.4 Å². The minimum absolute atomic E-state index is 0.000992. The Morgan fingerprint density at radius 2 is 1.53 bits per heavy atom. The molecule has 0 radical (unpaired) electrons. The van der Waals surface area contributed by atoms with E-state index in [1.165, 1.54) is 0 Å². The van der Waals surface area contributed by atoms with Gasteiger partial charge >= 0.3 is 0 Å². The van der Waals surface area contributed by atoms with E-state index in [9.17, 15) is 13.2 Å². The summed E-state index contributed by atoms with van der Waals surface area (Å²) in [6.45, 7) is 13.8. The molecule has 0 spiro atoms. The van der Waals surface area contributed by atoms with Gasteiger partial charge in [0.15, 0.2) is 0 Å². The molecule has 2 atom stereocenters. The molecular weight excluding hydrogens is 446 g/mol.